The summed E-state index contributed by atoms with van der Waals surface area (Å²) < 4.78 is 4.87. The molecule has 1 aromatic heterocycles. The van der Waals surface area contributed by atoms with Gasteiger partial charge in [-0.1, -0.05) is 18.2 Å². The average Bonchev–Trinajstić information content (AvgIpc) is 3.05. The summed E-state index contributed by atoms with van der Waals surface area (Å²) in [6.45, 7) is -0.283. The Bertz CT molecular complexity index is 623. The second-order valence-corrected chi connectivity index (χ2v) is 4.03. The summed E-state index contributed by atoms with van der Waals surface area (Å²) >= 11 is 0. The van der Waals surface area contributed by atoms with E-state index in [0.29, 0.717) is 5.56 Å². The molecule has 0 aliphatic carbocycles. The van der Waals surface area contributed by atoms with Gasteiger partial charge in [0.25, 0.3) is 17.7 Å². The second-order valence-electron chi connectivity index (χ2n) is 4.03. The zero-order valence-corrected chi connectivity index (χ0v) is 11.0. The number of benzene rings is 1. The van der Waals surface area contributed by atoms with Gasteiger partial charge in [0.15, 0.2) is 5.76 Å². The van der Waals surface area contributed by atoms with E-state index < -0.39 is 17.7 Å². The molecule has 3 amide bonds. The van der Waals surface area contributed by atoms with Crippen molar-refractivity contribution in [2.24, 2.45) is 0 Å². The van der Waals surface area contributed by atoms with Gasteiger partial charge in [0, 0.05) is 5.56 Å². The molecule has 0 spiro atoms. The average molecular weight is 287 g/mol. The van der Waals surface area contributed by atoms with Gasteiger partial charge in [0.05, 0.1) is 12.8 Å². The van der Waals surface area contributed by atoms with Crippen LogP contribution in [0.25, 0.3) is 0 Å². The highest BCUT2D eigenvalue weighted by Crippen LogP contribution is 1.98. The minimum Gasteiger partial charge on any atom is -0.459 e. The first-order valence-electron chi connectivity index (χ1n) is 6.13. The summed E-state index contributed by atoms with van der Waals surface area (Å²) in [5, 5.41) is 2.35. The van der Waals surface area contributed by atoms with E-state index in [4.69, 9.17) is 4.42 Å². The van der Waals surface area contributed by atoms with Crippen LogP contribution in [0.3, 0.4) is 0 Å². The van der Waals surface area contributed by atoms with Gasteiger partial charge in [0.1, 0.15) is 0 Å². The van der Waals surface area contributed by atoms with Crippen LogP contribution in [0.15, 0.2) is 53.1 Å². The maximum Gasteiger partial charge on any atom is 0.287 e. The highest BCUT2D eigenvalue weighted by Gasteiger charge is 2.11. The monoisotopic (exact) mass is 287 g/mol. The third kappa shape index (κ3) is 4.20. The van der Waals surface area contributed by atoms with Gasteiger partial charge in [-0.2, -0.15) is 0 Å². The number of hydrazine groups is 1. The maximum atomic E-state index is 11.6. The molecule has 0 saturated heterocycles. The molecule has 0 atom stereocenters. The topological polar surface area (TPSA) is 100 Å². The summed E-state index contributed by atoms with van der Waals surface area (Å²) in [4.78, 5) is 34.6. The molecule has 0 aliphatic rings. The summed E-state index contributed by atoms with van der Waals surface area (Å²) in [6, 6.07) is 11.5. The molecule has 0 aliphatic heterocycles. The molecule has 7 nitrogen and oxygen atoms in total. The number of hydrogen-bond acceptors (Lipinski definition) is 4. The molecule has 3 N–H and O–H groups in total. The van der Waals surface area contributed by atoms with Crippen LogP contribution in [0.5, 0.6) is 0 Å². The van der Waals surface area contributed by atoms with Gasteiger partial charge in [-0.15, -0.1) is 0 Å². The summed E-state index contributed by atoms with van der Waals surface area (Å²) in [7, 11) is 0. The van der Waals surface area contributed by atoms with Crippen molar-refractivity contribution in [3.8, 4) is 0 Å². The molecule has 0 fully saturated rings. The van der Waals surface area contributed by atoms with Crippen LogP contribution in [-0.4, -0.2) is 24.3 Å². The number of carbonyl (C=O) groups excluding carboxylic acids is 3. The lowest BCUT2D eigenvalue weighted by atomic mass is 10.2. The molecular formula is C14H13N3O4. The molecule has 1 heterocycles. The molecular weight excluding hydrogens is 274 g/mol. The fraction of sp³-hybridized carbons (Fsp3) is 0.0714. The minimum absolute atomic E-state index is 0.108. The van der Waals surface area contributed by atoms with Gasteiger partial charge in [0.2, 0.25) is 0 Å². The fourth-order valence-electron chi connectivity index (χ4n) is 1.49. The molecule has 1 aromatic carbocycles. The van der Waals surface area contributed by atoms with Gasteiger partial charge in [-0.3, -0.25) is 25.2 Å². The third-order valence-corrected chi connectivity index (χ3v) is 2.51. The van der Waals surface area contributed by atoms with E-state index in [1.54, 1.807) is 36.4 Å². The summed E-state index contributed by atoms with van der Waals surface area (Å²) in [5.41, 5.74) is 4.86. The minimum atomic E-state index is -0.556. The smallest absolute Gasteiger partial charge is 0.287 e. The molecule has 2 aromatic rings. The standard InChI is InChI=1S/C14H13N3O4/c18-12(9-15-14(20)11-7-4-8-21-11)16-17-13(19)10-5-2-1-3-6-10/h1-8H,9H2,(H,15,20)(H,16,18)(H,17,19). The van der Waals surface area contributed by atoms with E-state index in [9.17, 15) is 14.4 Å². The Hall–Kier alpha value is -3.09. The maximum absolute atomic E-state index is 11.6. The highest BCUT2D eigenvalue weighted by molar-refractivity contribution is 5.96. The number of nitrogens with one attached hydrogen (secondary N) is 3. The van der Waals surface area contributed by atoms with Gasteiger partial charge < -0.3 is 9.73 Å². The molecule has 0 radical (unpaired) electrons. The quantitative estimate of drug-likeness (QED) is 0.712. The Morgan fingerprint density at radius 1 is 0.905 bits per heavy atom. The molecule has 0 unspecified atom stereocenters. The zero-order chi connectivity index (χ0) is 15.1. The second kappa shape index (κ2) is 6.90. The number of carbonyl (C=O) groups is 3. The SMILES string of the molecule is O=C(CNC(=O)c1ccco1)NNC(=O)c1ccccc1. The van der Waals surface area contributed by atoms with Crippen molar-refractivity contribution in [3.05, 3.63) is 60.1 Å². The first kappa shape index (κ1) is 14.3. The van der Waals surface area contributed by atoms with Crippen LogP contribution in [0.4, 0.5) is 0 Å². The van der Waals surface area contributed by atoms with E-state index in [1.165, 1.54) is 12.3 Å². The van der Waals surface area contributed by atoms with Crippen LogP contribution in [0.1, 0.15) is 20.9 Å². The van der Waals surface area contributed by atoms with Crippen molar-refractivity contribution in [1.29, 1.82) is 0 Å². The Kier molecular flexibility index (Phi) is 4.70. The number of hydrogen-bond donors (Lipinski definition) is 3. The van der Waals surface area contributed by atoms with Crippen molar-refractivity contribution >= 4 is 17.7 Å². The Balaban J connectivity index is 1.73. The largest absolute Gasteiger partial charge is 0.459 e. The molecule has 0 bridgehead atoms. The van der Waals surface area contributed by atoms with Gasteiger partial charge in [-0.25, -0.2) is 0 Å². The van der Waals surface area contributed by atoms with E-state index in [0.717, 1.165) is 0 Å². The number of furan rings is 1. The zero-order valence-electron chi connectivity index (χ0n) is 11.0. The van der Waals surface area contributed by atoms with E-state index in [-0.39, 0.29) is 12.3 Å². The van der Waals surface area contributed by atoms with Crippen LogP contribution in [0.2, 0.25) is 0 Å². The van der Waals surface area contributed by atoms with Crippen LogP contribution >= 0.6 is 0 Å². The number of rotatable bonds is 4. The van der Waals surface area contributed by atoms with Gasteiger partial charge >= 0.3 is 0 Å². The highest BCUT2D eigenvalue weighted by atomic mass is 16.3. The predicted molar refractivity (Wildman–Crippen MR) is 73.1 cm³/mol. The lowest BCUT2D eigenvalue weighted by Gasteiger charge is -2.07. The Morgan fingerprint density at radius 2 is 1.67 bits per heavy atom. The first-order valence-corrected chi connectivity index (χ1v) is 6.13. The van der Waals surface area contributed by atoms with Crippen LogP contribution < -0.4 is 16.2 Å². The fourth-order valence-corrected chi connectivity index (χ4v) is 1.49. The third-order valence-electron chi connectivity index (χ3n) is 2.51. The van der Waals surface area contributed by atoms with E-state index in [1.807, 2.05) is 0 Å². The molecule has 0 saturated carbocycles. The van der Waals surface area contributed by atoms with Crippen molar-refractivity contribution in [2.45, 2.75) is 0 Å². The van der Waals surface area contributed by atoms with Gasteiger partial charge in [-0.05, 0) is 24.3 Å². The molecule has 7 heteroatoms. The van der Waals surface area contributed by atoms with Crippen LogP contribution in [0, 0.1) is 0 Å². The van der Waals surface area contributed by atoms with E-state index >= 15 is 0 Å². The lowest BCUT2D eigenvalue weighted by Crippen LogP contribution is -2.46. The van der Waals surface area contributed by atoms with Crippen molar-refractivity contribution < 1.29 is 18.8 Å². The van der Waals surface area contributed by atoms with Crippen LogP contribution in [-0.2, 0) is 4.79 Å². The van der Waals surface area contributed by atoms with Crippen molar-refractivity contribution in [2.75, 3.05) is 6.54 Å². The number of amides is 3. The predicted octanol–water partition coefficient (Wildman–Crippen LogP) is 0.471. The molecule has 2 rings (SSSR count). The summed E-state index contributed by atoms with van der Waals surface area (Å²) in [6.07, 6.45) is 1.36. The van der Waals surface area contributed by atoms with Crippen molar-refractivity contribution in [3.63, 3.8) is 0 Å². The molecule has 108 valence electrons. The Morgan fingerprint density at radius 3 is 2.33 bits per heavy atom. The van der Waals surface area contributed by atoms with Crippen molar-refractivity contribution in [1.82, 2.24) is 16.2 Å². The Labute approximate surface area is 120 Å². The first-order chi connectivity index (χ1) is 10.2. The molecule has 21 heavy (non-hydrogen) atoms. The lowest BCUT2D eigenvalue weighted by molar-refractivity contribution is -0.120. The van der Waals surface area contributed by atoms with E-state index in [2.05, 4.69) is 16.2 Å². The summed E-state index contributed by atoms with van der Waals surface area (Å²) in [5.74, 6) is -1.40. The normalized spacial score (nSPS) is 9.71.